The first kappa shape index (κ1) is 18.4. The number of thiazole rings is 1. The molecule has 4 rings (SSSR count). The van der Waals surface area contributed by atoms with Crippen molar-refractivity contribution in [3.05, 3.63) is 46.0 Å². The maximum Gasteiger partial charge on any atom is 0.321 e. The average Bonchev–Trinajstić information content (AvgIpc) is 3.35. The molecule has 1 aliphatic carbocycles. The standard InChI is InChI=1S/C20H21N5O2S/c21-11-13-5-7-14(8-6-13)18(26)25-10-9-16-17(12-25)28-20(23-16)24-19(27)22-15-3-1-2-4-15/h5-8,15H,1-4,9-10,12H2,(H2,22,23,24,27). The van der Waals surface area contributed by atoms with Crippen molar-refractivity contribution in [3.63, 3.8) is 0 Å². The number of anilines is 1. The summed E-state index contributed by atoms with van der Waals surface area (Å²) in [5.74, 6) is -0.0583. The second-order valence-corrected chi connectivity index (χ2v) is 8.22. The van der Waals surface area contributed by atoms with Crippen LogP contribution in [-0.2, 0) is 13.0 Å². The third kappa shape index (κ3) is 3.99. The van der Waals surface area contributed by atoms with Gasteiger partial charge in [0.15, 0.2) is 5.13 Å². The van der Waals surface area contributed by atoms with Crippen LogP contribution in [0.5, 0.6) is 0 Å². The summed E-state index contributed by atoms with van der Waals surface area (Å²) in [7, 11) is 0. The Morgan fingerprint density at radius 1 is 1.21 bits per heavy atom. The van der Waals surface area contributed by atoms with Crippen molar-refractivity contribution in [2.75, 3.05) is 11.9 Å². The minimum atomic E-state index is -0.205. The molecule has 28 heavy (non-hydrogen) atoms. The Labute approximate surface area is 167 Å². The molecule has 2 aromatic rings. The smallest absolute Gasteiger partial charge is 0.321 e. The van der Waals surface area contributed by atoms with E-state index >= 15 is 0 Å². The summed E-state index contributed by atoms with van der Waals surface area (Å²) in [6, 6.07) is 8.78. The van der Waals surface area contributed by atoms with Crippen molar-refractivity contribution >= 4 is 28.4 Å². The molecule has 0 unspecified atom stereocenters. The highest BCUT2D eigenvalue weighted by molar-refractivity contribution is 7.15. The molecule has 1 aromatic carbocycles. The molecule has 2 heterocycles. The molecular formula is C20H21N5O2S. The number of urea groups is 1. The molecule has 1 aliphatic heterocycles. The van der Waals surface area contributed by atoms with Crippen LogP contribution in [-0.4, -0.2) is 34.4 Å². The van der Waals surface area contributed by atoms with E-state index < -0.39 is 0 Å². The maximum atomic E-state index is 12.7. The molecule has 2 aliphatic rings. The number of benzene rings is 1. The van der Waals surface area contributed by atoms with Crippen molar-refractivity contribution in [2.45, 2.75) is 44.7 Å². The van der Waals surface area contributed by atoms with E-state index in [1.807, 2.05) is 0 Å². The summed E-state index contributed by atoms with van der Waals surface area (Å²) in [4.78, 5) is 32.2. The van der Waals surface area contributed by atoms with E-state index in [1.165, 1.54) is 24.2 Å². The summed E-state index contributed by atoms with van der Waals surface area (Å²) < 4.78 is 0. The molecule has 1 saturated carbocycles. The van der Waals surface area contributed by atoms with Crippen LogP contribution >= 0.6 is 11.3 Å². The van der Waals surface area contributed by atoms with Crippen molar-refractivity contribution in [2.24, 2.45) is 0 Å². The molecule has 144 valence electrons. The third-order valence-corrected chi connectivity index (χ3v) is 6.19. The fraction of sp³-hybridized carbons (Fsp3) is 0.400. The fourth-order valence-corrected chi connectivity index (χ4v) is 4.70. The zero-order chi connectivity index (χ0) is 19.5. The largest absolute Gasteiger partial charge is 0.335 e. The zero-order valence-corrected chi connectivity index (χ0v) is 16.2. The van der Waals surface area contributed by atoms with Gasteiger partial charge in [0.25, 0.3) is 5.91 Å². The number of hydrogen-bond acceptors (Lipinski definition) is 5. The van der Waals surface area contributed by atoms with Crippen molar-refractivity contribution in [1.29, 1.82) is 5.26 Å². The number of nitrogens with zero attached hydrogens (tertiary/aromatic N) is 3. The van der Waals surface area contributed by atoms with Gasteiger partial charge in [0.2, 0.25) is 0 Å². The lowest BCUT2D eigenvalue weighted by molar-refractivity contribution is 0.0736. The number of fused-ring (bicyclic) bond motifs is 1. The van der Waals surface area contributed by atoms with E-state index in [0.717, 1.165) is 23.4 Å². The van der Waals surface area contributed by atoms with Crippen molar-refractivity contribution in [3.8, 4) is 6.07 Å². The highest BCUT2D eigenvalue weighted by Crippen LogP contribution is 2.29. The Hall–Kier alpha value is -2.92. The number of aromatic nitrogens is 1. The molecule has 0 bridgehead atoms. The van der Waals surface area contributed by atoms with Gasteiger partial charge in [0, 0.05) is 29.4 Å². The molecule has 8 heteroatoms. The van der Waals surface area contributed by atoms with Crippen LogP contribution in [0.25, 0.3) is 0 Å². The molecule has 0 spiro atoms. The number of amides is 3. The molecule has 0 radical (unpaired) electrons. The number of nitrogens with one attached hydrogen (secondary N) is 2. The monoisotopic (exact) mass is 395 g/mol. The van der Waals surface area contributed by atoms with Crippen LogP contribution in [0.2, 0.25) is 0 Å². The molecule has 3 amide bonds. The lowest BCUT2D eigenvalue weighted by Gasteiger charge is -2.26. The fourth-order valence-electron chi connectivity index (χ4n) is 3.68. The predicted molar refractivity (Wildman–Crippen MR) is 106 cm³/mol. The number of rotatable bonds is 3. The van der Waals surface area contributed by atoms with E-state index in [0.29, 0.717) is 35.8 Å². The van der Waals surface area contributed by atoms with Crippen LogP contribution in [0.15, 0.2) is 24.3 Å². The van der Waals surface area contributed by atoms with Crippen LogP contribution in [0.1, 0.15) is 52.2 Å². The van der Waals surface area contributed by atoms with E-state index in [2.05, 4.69) is 21.7 Å². The molecule has 1 aromatic heterocycles. The molecule has 2 N–H and O–H groups in total. The van der Waals surface area contributed by atoms with Gasteiger partial charge in [-0.3, -0.25) is 10.1 Å². The first-order valence-corrected chi connectivity index (χ1v) is 10.3. The lowest BCUT2D eigenvalue weighted by Crippen LogP contribution is -2.36. The Balaban J connectivity index is 1.39. The highest BCUT2D eigenvalue weighted by atomic mass is 32.1. The van der Waals surface area contributed by atoms with Crippen molar-refractivity contribution in [1.82, 2.24) is 15.2 Å². The van der Waals surface area contributed by atoms with Gasteiger partial charge in [-0.1, -0.05) is 24.2 Å². The Kier molecular flexibility index (Phi) is 5.26. The second kappa shape index (κ2) is 7.98. The summed E-state index contributed by atoms with van der Waals surface area (Å²) in [5.41, 5.74) is 2.05. The van der Waals surface area contributed by atoms with Gasteiger partial charge in [-0.15, -0.1) is 0 Å². The van der Waals surface area contributed by atoms with E-state index in [4.69, 9.17) is 5.26 Å². The Morgan fingerprint density at radius 2 is 1.96 bits per heavy atom. The Bertz CT molecular complexity index is 925. The Morgan fingerprint density at radius 3 is 2.68 bits per heavy atom. The quantitative estimate of drug-likeness (QED) is 0.833. The van der Waals surface area contributed by atoms with Crippen LogP contribution < -0.4 is 10.6 Å². The zero-order valence-electron chi connectivity index (χ0n) is 15.4. The summed E-state index contributed by atoms with van der Waals surface area (Å²) in [5, 5.41) is 15.3. The van der Waals surface area contributed by atoms with Gasteiger partial charge in [0.05, 0.1) is 23.9 Å². The SMILES string of the molecule is N#Cc1ccc(C(=O)N2CCc3nc(NC(=O)NC4CCCC4)sc3C2)cc1. The molecule has 7 nitrogen and oxygen atoms in total. The number of hydrogen-bond donors (Lipinski definition) is 2. The molecule has 0 atom stereocenters. The van der Waals surface area contributed by atoms with E-state index in [9.17, 15) is 9.59 Å². The lowest BCUT2D eigenvalue weighted by atomic mass is 10.1. The predicted octanol–water partition coefficient (Wildman–Crippen LogP) is 3.28. The topological polar surface area (TPSA) is 98.1 Å². The number of carbonyl (C=O) groups excluding carboxylic acids is 2. The van der Waals surface area contributed by atoms with Crippen LogP contribution in [0, 0.1) is 11.3 Å². The van der Waals surface area contributed by atoms with Crippen molar-refractivity contribution < 1.29 is 9.59 Å². The highest BCUT2D eigenvalue weighted by Gasteiger charge is 2.25. The first-order chi connectivity index (χ1) is 13.6. The minimum absolute atomic E-state index is 0.0583. The third-order valence-electron chi connectivity index (χ3n) is 5.19. The van der Waals surface area contributed by atoms with Gasteiger partial charge in [-0.05, 0) is 37.1 Å². The average molecular weight is 395 g/mol. The molecular weight excluding hydrogens is 374 g/mol. The summed E-state index contributed by atoms with van der Waals surface area (Å²) in [6.45, 7) is 1.07. The summed E-state index contributed by atoms with van der Waals surface area (Å²) in [6.07, 6.45) is 5.07. The van der Waals surface area contributed by atoms with Crippen LogP contribution in [0.3, 0.4) is 0 Å². The summed E-state index contributed by atoms with van der Waals surface area (Å²) >= 11 is 1.42. The van der Waals surface area contributed by atoms with Gasteiger partial charge < -0.3 is 10.2 Å². The second-order valence-electron chi connectivity index (χ2n) is 7.13. The van der Waals surface area contributed by atoms with Gasteiger partial charge in [0.1, 0.15) is 0 Å². The van der Waals surface area contributed by atoms with E-state index in [-0.39, 0.29) is 18.0 Å². The first-order valence-electron chi connectivity index (χ1n) is 9.48. The molecule has 1 fully saturated rings. The normalized spacial score (nSPS) is 16.3. The van der Waals surface area contributed by atoms with Crippen LogP contribution in [0.4, 0.5) is 9.93 Å². The van der Waals surface area contributed by atoms with E-state index in [1.54, 1.807) is 29.2 Å². The van der Waals surface area contributed by atoms with Gasteiger partial charge in [-0.25, -0.2) is 9.78 Å². The minimum Gasteiger partial charge on any atom is -0.335 e. The number of nitriles is 1. The van der Waals surface area contributed by atoms with Gasteiger partial charge >= 0.3 is 6.03 Å². The number of carbonyl (C=O) groups is 2. The molecule has 0 saturated heterocycles. The maximum absolute atomic E-state index is 12.7. The van der Waals surface area contributed by atoms with Gasteiger partial charge in [-0.2, -0.15) is 5.26 Å².